The molecule has 0 spiro atoms. The maximum Gasteiger partial charge on any atom is 0.254 e. The number of likely N-dealkylation sites (N-methyl/N-ethyl adjacent to an activating group) is 1. The number of rotatable bonds is 7. The van der Waals surface area contributed by atoms with Crippen LogP contribution in [0.1, 0.15) is 42.4 Å². The monoisotopic (exact) mass is 554 g/mol. The van der Waals surface area contributed by atoms with Crippen LogP contribution in [0.5, 0.6) is 5.75 Å². The molecule has 0 bridgehead atoms. The first kappa shape index (κ1) is 27.2. The first-order valence-corrected chi connectivity index (χ1v) is 14.6. The van der Waals surface area contributed by atoms with E-state index in [4.69, 9.17) is 14.7 Å². The predicted octanol–water partition coefficient (Wildman–Crippen LogP) is 3.34. The average molecular weight is 555 g/mol. The van der Waals surface area contributed by atoms with E-state index < -0.39 is 0 Å². The van der Waals surface area contributed by atoms with Gasteiger partial charge in [-0.25, -0.2) is 9.97 Å². The Balaban J connectivity index is 1.01. The van der Waals surface area contributed by atoms with E-state index in [0.29, 0.717) is 18.9 Å². The smallest absolute Gasteiger partial charge is 0.254 e. The molecular formula is C32H38N6O3. The van der Waals surface area contributed by atoms with Crippen molar-refractivity contribution >= 4 is 17.9 Å². The molecule has 6 rings (SSSR count). The second-order valence-corrected chi connectivity index (χ2v) is 11.4. The molecular weight excluding hydrogens is 516 g/mol. The van der Waals surface area contributed by atoms with E-state index >= 15 is 0 Å². The number of anilines is 1. The first-order valence-electron chi connectivity index (χ1n) is 14.6. The Bertz CT molecular complexity index is 1490. The van der Waals surface area contributed by atoms with E-state index in [1.54, 1.807) is 16.5 Å². The van der Waals surface area contributed by atoms with E-state index in [0.717, 1.165) is 79.5 Å². The number of carbonyl (C=O) groups excluding carboxylic acids is 1. The van der Waals surface area contributed by atoms with Crippen LogP contribution in [-0.2, 0) is 18.3 Å². The molecule has 3 aliphatic rings. The van der Waals surface area contributed by atoms with Gasteiger partial charge in [-0.3, -0.25) is 14.5 Å². The number of piperazine rings is 1. The van der Waals surface area contributed by atoms with Gasteiger partial charge in [0.1, 0.15) is 12.4 Å². The van der Waals surface area contributed by atoms with E-state index in [2.05, 4.69) is 34.1 Å². The molecule has 0 unspecified atom stereocenters. The van der Waals surface area contributed by atoms with Crippen molar-refractivity contribution in [3.8, 4) is 16.9 Å². The summed E-state index contributed by atoms with van der Waals surface area (Å²) in [5.74, 6) is 2.30. The van der Waals surface area contributed by atoms with Crippen LogP contribution in [0.3, 0.4) is 0 Å². The topological polar surface area (TPSA) is 83.8 Å². The largest absolute Gasteiger partial charge is 0.492 e. The number of amides is 1. The van der Waals surface area contributed by atoms with Gasteiger partial charge in [0.15, 0.2) is 0 Å². The first-order chi connectivity index (χ1) is 19.9. The maximum atomic E-state index is 12.4. The Hall–Kier alpha value is -3.98. The zero-order chi connectivity index (χ0) is 28.5. The predicted molar refractivity (Wildman–Crippen MR) is 160 cm³/mol. The highest BCUT2D eigenvalue weighted by atomic mass is 16.5. The van der Waals surface area contributed by atoms with Crippen molar-refractivity contribution in [3.63, 3.8) is 0 Å². The SMILES string of the molecule is C[C@@H]1C(=O)N(C)CCN1CCOc1ccc(C2CCN(c3ncc(-c4cn(C)c(=O)c5c4C=CC5)cn3)CC2)cc1. The van der Waals surface area contributed by atoms with Crippen molar-refractivity contribution in [2.45, 2.75) is 38.1 Å². The van der Waals surface area contributed by atoms with Crippen LogP contribution in [0, 0.1) is 0 Å². The van der Waals surface area contributed by atoms with Crippen molar-refractivity contribution in [3.05, 3.63) is 76.0 Å². The molecule has 0 saturated carbocycles. The number of allylic oxidation sites excluding steroid dienone is 1. The number of aromatic nitrogens is 3. The van der Waals surface area contributed by atoms with Crippen molar-refractivity contribution in [1.29, 1.82) is 0 Å². The Kier molecular flexibility index (Phi) is 7.62. The lowest BCUT2D eigenvalue weighted by Gasteiger charge is -2.37. The minimum atomic E-state index is -0.0904. The lowest BCUT2D eigenvalue weighted by molar-refractivity contribution is -0.139. The third kappa shape index (κ3) is 5.51. The van der Waals surface area contributed by atoms with Gasteiger partial charge in [0.05, 0.1) is 6.04 Å². The molecule has 41 heavy (non-hydrogen) atoms. The van der Waals surface area contributed by atoms with Crippen LogP contribution in [-0.4, -0.2) is 82.7 Å². The Morgan fingerprint density at radius 2 is 1.71 bits per heavy atom. The number of nitrogens with zero attached hydrogens (tertiary/aromatic N) is 6. The summed E-state index contributed by atoms with van der Waals surface area (Å²) in [5.41, 5.74) is 5.15. The fourth-order valence-corrected chi connectivity index (χ4v) is 6.24. The van der Waals surface area contributed by atoms with E-state index in [1.807, 2.05) is 44.7 Å². The summed E-state index contributed by atoms with van der Waals surface area (Å²) in [5, 5.41) is 0. The molecule has 2 saturated heterocycles. The lowest BCUT2D eigenvalue weighted by Crippen LogP contribution is -2.55. The van der Waals surface area contributed by atoms with Crippen LogP contribution < -0.4 is 15.2 Å². The number of ether oxygens (including phenoxy) is 1. The molecule has 2 fully saturated rings. The number of piperidine rings is 1. The average Bonchev–Trinajstić information content (AvgIpc) is 3.50. The maximum absolute atomic E-state index is 12.4. The third-order valence-electron chi connectivity index (χ3n) is 8.85. The number of benzene rings is 1. The normalized spacial score (nSPS) is 19.6. The van der Waals surface area contributed by atoms with Crippen LogP contribution in [0.2, 0.25) is 0 Å². The van der Waals surface area contributed by atoms with E-state index in [-0.39, 0.29) is 17.5 Å². The number of pyridine rings is 1. The fourth-order valence-electron chi connectivity index (χ4n) is 6.24. The van der Waals surface area contributed by atoms with Crippen molar-refractivity contribution < 1.29 is 9.53 Å². The summed E-state index contributed by atoms with van der Waals surface area (Å²) in [7, 11) is 3.66. The highest BCUT2D eigenvalue weighted by Crippen LogP contribution is 2.32. The molecule has 0 radical (unpaired) electrons. The molecule has 2 aromatic heterocycles. The van der Waals surface area contributed by atoms with Crippen molar-refractivity contribution in [2.24, 2.45) is 7.05 Å². The van der Waals surface area contributed by atoms with Gasteiger partial charge in [0.2, 0.25) is 11.9 Å². The van der Waals surface area contributed by atoms with Crippen molar-refractivity contribution in [1.82, 2.24) is 24.3 Å². The third-order valence-corrected chi connectivity index (χ3v) is 8.85. The van der Waals surface area contributed by atoms with Gasteiger partial charge in [0.25, 0.3) is 5.56 Å². The fraction of sp³-hybridized carbons (Fsp3) is 0.438. The number of aryl methyl sites for hydroxylation is 1. The highest BCUT2D eigenvalue weighted by Gasteiger charge is 2.29. The Morgan fingerprint density at radius 1 is 0.976 bits per heavy atom. The second-order valence-electron chi connectivity index (χ2n) is 11.4. The molecule has 2 aliphatic heterocycles. The summed E-state index contributed by atoms with van der Waals surface area (Å²) >= 11 is 0. The molecule has 1 amide bonds. The molecule has 1 aliphatic carbocycles. The molecule has 1 atom stereocenters. The Morgan fingerprint density at radius 3 is 2.44 bits per heavy atom. The number of carbonyl (C=O) groups is 1. The molecule has 9 heteroatoms. The second kappa shape index (κ2) is 11.5. The number of hydrogen-bond donors (Lipinski definition) is 0. The summed E-state index contributed by atoms with van der Waals surface area (Å²) < 4.78 is 7.65. The van der Waals surface area contributed by atoms with Gasteiger partial charge in [-0.1, -0.05) is 24.3 Å². The minimum Gasteiger partial charge on any atom is -0.492 e. The van der Waals surface area contributed by atoms with Crippen LogP contribution >= 0.6 is 0 Å². The van der Waals surface area contributed by atoms with Gasteiger partial charge >= 0.3 is 0 Å². The quantitative estimate of drug-likeness (QED) is 0.443. The summed E-state index contributed by atoms with van der Waals surface area (Å²) in [6.07, 6.45) is 12.5. The van der Waals surface area contributed by atoms with E-state index in [9.17, 15) is 9.59 Å². The van der Waals surface area contributed by atoms with Gasteiger partial charge < -0.3 is 19.1 Å². The van der Waals surface area contributed by atoms with Gasteiger partial charge in [-0.05, 0) is 55.4 Å². The molecule has 0 N–H and O–H groups in total. The zero-order valence-corrected chi connectivity index (χ0v) is 24.1. The molecule has 214 valence electrons. The van der Waals surface area contributed by atoms with Crippen molar-refractivity contribution in [2.75, 3.05) is 51.3 Å². The van der Waals surface area contributed by atoms with Crippen LogP contribution in [0.15, 0.2) is 53.7 Å². The standard InChI is InChI=1S/C32H38N6O3/c1-22-30(39)35(2)15-16-37(22)17-18-41-26-9-7-23(8-10-26)24-11-13-38(14-12-24)32-33-19-25(20-34-32)29-21-36(3)31(40)28-6-4-5-27(28)29/h4-5,7-10,19-22,24H,6,11-18H2,1-3H3/t22-/m1/s1. The number of fused-ring (bicyclic) bond motifs is 1. The highest BCUT2D eigenvalue weighted by molar-refractivity contribution is 5.82. The minimum absolute atomic E-state index is 0.0611. The van der Waals surface area contributed by atoms with Gasteiger partial charge in [0, 0.05) is 82.1 Å². The molecule has 9 nitrogen and oxygen atoms in total. The van der Waals surface area contributed by atoms with Gasteiger partial charge in [-0.2, -0.15) is 0 Å². The number of hydrogen-bond acceptors (Lipinski definition) is 7. The molecule has 3 aromatic rings. The zero-order valence-electron chi connectivity index (χ0n) is 24.1. The van der Waals surface area contributed by atoms with Gasteiger partial charge in [-0.15, -0.1) is 0 Å². The lowest BCUT2D eigenvalue weighted by atomic mass is 9.89. The summed E-state index contributed by atoms with van der Waals surface area (Å²) in [6, 6.07) is 8.40. The summed E-state index contributed by atoms with van der Waals surface area (Å²) in [4.78, 5) is 40.3. The van der Waals surface area contributed by atoms with E-state index in [1.165, 1.54) is 5.56 Å². The van der Waals surface area contributed by atoms with Crippen LogP contribution in [0.4, 0.5) is 5.95 Å². The summed E-state index contributed by atoms with van der Waals surface area (Å²) in [6.45, 7) is 6.74. The Labute approximate surface area is 241 Å². The molecule has 1 aromatic carbocycles. The molecule has 4 heterocycles. The van der Waals surface area contributed by atoms with Crippen LogP contribution in [0.25, 0.3) is 17.2 Å².